The van der Waals surface area contributed by atoms with E-state index < -0.39 is 10.0 Å². The Morgan fingerprint density at radius 2 is 1.83 bits per heavy atom. The lowest BCUT2D eigenvalue weighted by atomic mass is 10.1. The standard InChI is InChI=1S/C21H23BrN2O4S/c1-15-12-16-13-17(22)4-9-20(16)24(15)21(25)14-28-18-5-7-19(8-6-18)29(26,27)23-10-2-3-11-23/h4-9,13,15H,2-3,10-12,14H2,1H3/t15-/m1/s1. The Morgan fingerprint density at radius 3 is 2.52 bits per heavy atom. The number of sulfonamides is 1. The molecule has 29 heavy (non-hydrogen) atoms. The van der Waals surface area contributed by atoms with Crippen molar-refractivity contribution in [2.75, 3.05) is 24.6 Å². The Labute approximate surface area is 179 Å². The third-order valence-corrected chi connectivity index (χ3v) is 7.82. The van der Waals surface area contributed by atoms with E-state index in [-0.39, 0.29) is 23.5 Å². The maximum Gasteiger partial charge on any atom is 0.265 e. The fraction of sp³-hybridized carbons (Fsp3) is 0.381. The van der Waals surface area contributed by atoms with Crippen molar-refractivity contribution in [1.29, 1.82) is 0 Å². The van der Waals surface area contributed by atoms with E-state index in [0.717, 1.165) is 35.0 Å². The number of carbonyl (C=O) groups is 1. The SMILES string of the molecule is C[C@@H]1Cc2cc(Br)ccc2N1C(=O)COc1ccc(S(=O)(=O)N2CCCC2)cc1. The van der Waals surface area contributed by atoms with Crippen molar-refractivity contribution < 1.29 is 17.9 Å². The third kappa shape index (κ3) is 4.06. The largest absolute Gasteiger partial charge is 0.484 e. The summed E-state index contributed by atoms with van der Waals surface area (Å²) < 4.78 is 33.3. The van der Waals surface area contributed by atoms with Gasteiger partial charge in [0.25, 0.3) is 5.91 Å². The first-order valence-electron chi connectivity index (χ1n) is 9.70. The van der Waals surface area contributed by atoms with Crippen LogP contribution in [-0.4, -0.2) is 44.4 Å². The van der Waals surface area contributed by atoms with E-state index in [9.17, 15) is 13.2 Å². The fourth-order valence-corrected chi connectivity index (χ4v) is 5.91. The molecule has 6 nitrogen and oxygen atoms in total. The van der Waals surface area contributed by atoms with Gasteiger partial charge in [0.1, 0.15) is 5.75 Å². The number of amides is 1. The van der Waals surface area contributed by atoms with Crippen LogP contribution in [0.25, 0.3) is 0 Å². The molecule has 0 radical (unpaired) electrons. The monoisotopic (exact) mass is 478 g/mol. The molecule has 1 saturated heterocycles. The third-order valence-electron chi connectivity index (χ3n) is 5.41. The Bertz CT molecular complexity index is 1020. The minimum atomic E-state index is -3.45. The molecule has 8 heteroatoms. The molecule has 2 aliphatic heterocycles. The molecule has 2 aliphatic rings. The lowest BCUT2D eigenvalue weighted by molar-refractivity contribution is -0.120. The maximum absolute atomic E-state index is 12.8. The number of fused-ring (bicyclic) bond motifs is 1. The summed E-state index contributed by atoms with van der Waals surface area (Å²) in [5.41, 5.74) is 2.05. The lowest BCUT2D eigenvalue weighted by Crippen LogP contribution is -2.39. The van der Waals surface area contributed by atoms with Gasteiger partial charge < -0.3 is 9.64 Å². The van der Waals surface area contributed by atoms with Crippen LogP contribution in [0.3, 0.4) is 0 Å². The molecule has 0 bridgehead atoms. The summed E-state index contributed by atoms with van der Waals surface area (Å²) in [5, 5.41) is 0. The molecule has 0 aliphatic carbocycles. The minimum Gasteiger partial charge on any atom is -0.484 e. The van der Waals surface area contributed by atoms with Crippen molar-refractivity contribution in [3.63, 3.8) is 0 Å². The number of rotatable bonds is 5. The van der Waals surface area contributed by atoms with Crippen molar-refractivity contribution >= 4 is 37.5 Å². The van der Waals surface area contributed by atoms with E-state index in [1.165, 1.54) is 4.31 Å². The average molecular weight is 479 g/mol. The van der Waals surface area contributed by atoms with Crippen LogP contribution in [0.1, 0.15) is 25.3 Å². The Kier molecular flexibility index (Phi) is 5.68. The van der Waals surface area contributed by atoms with Crippen LogP contribution < -0.4 is 9.64 Å². The van der Waals surface area contributed by atoms with Crippen molar-refractivity contribution in [1.82, 2.24) is 4.31 Å². The predicted octanol–water partition coefficient (Wildman–Crippen LogP) is 3.59. The highest BCUT2D eigenvalue weighted by Crippen LogP contribution is 2.34. The highest BCUT2D eigenvalue weighted by molar-refractivity contribution is 9.10. The number of anilines is 1. The van der Waals surface area contributed by atoms with E-state index in [1.807, 2.05) is 25.1 Å². The molecule has 2 aromatic carbocycles. The summed E-state index contributed by atoms with van der Waals surface area (Å²) in [6, 6.07) is 12.3. The molecule has 0 unspecified atom stereocenters. The number of benzene rings is 2. The van der Waals surface area contributed by atoms with Crippen LogP contribution in [0.4, 0.5) is 5.69 Å². The molecule has 154 valence electrons. The van der Waals surface area contributed by atoms with Crippen LogP contribution in [0.5, 0.6) is 5.75 Å². The lowest BCUT2D eigenvalue weighted by Gasteiger charge is -2.23. The van der Waals surface area contributed by atoms with Crippen molar-refractivity contribution in [3.8, 4) is 5.75 Å². The number of halogens is 1. The van der Waals surface area contributed by atoms with Crippen molar-refractivity contribution in [2.24, 2.45) is 0 Å². The normalized spacial score (nSPS) is 19.4. The van der Waals surface area contributed by atoms with E-state index in [0.29, 0.717) is 18.8 Å². The Balaban J connectivity index is 1.41. The molecular formula is C21H23BrN2O4S. The molecule has 2 aromatic rings. The summed E-state index contributed by atoms with van der Waals surface area (Å²) >= 11 is 3.47. The van der Waals surface area contributed by atoms with Crippen LogP contribution in [-0.2, 0) is 21.2 Å². The summed E-state index contributed by atoms with van der Waals surface area (Å²) in [5.74, 6) is 0.355. The Hall–Kier alpha value is -1.90. The van der Waals surface area contributed by atoms with Crippen molar-refractivity contribution in [3.05, 3.63) is 52.5 Å². The molecule has 4 rings (SSSR count). The van der Waals surface area contributed by atoms with Gasteiger partial charge in [0.2, 0.25) is 10.0 Å². The zero-order chi connectivity index (χ0) is 20.6. The van der Waals surface area contributed by atoms with Gasteiger partial charge in [-0.1, -0.05) is 15.9 Å². The van der Waals surface area contributed by atoms with Crippen molar-refractivity contribution in [2.45, 2.75) is 37.1 Å². The van der Waals surface area contributed by atoms with Gasteiger partial charge in [-0.05, 0) is 74.2 Å². The Morgan fingerprint density at radius 1 is 1.14 bits per heavy atom. The molecule has 0 saturated carbocycles. The highest BCUT2D eigenvalue weighted by Gasteiger charge is 2.31. The van der Waals surface area contributed by atoms with Gasteiger partial charge in [0.15, 0.2) is 6.61 Å². The second-order valence-corrected chi connectivity index (χ2v) is 10.3. The second kappa shape index (κ2) is 8.08. The molecule has 0 N–H and O–H groups in total. The predicted molar refractivity (Wildman–Crippen MR) is 115 cm³/mol. The number of ether oxygens (including phenoxy) is 1. The zero-order valence-electron chi connectivity index (χ0n) is 16.2. The molecular weight excluding hydrogens is 456 g/mol. The quantitative estimate of drug-likeness (QED) is 0.658. The average Bonchev–Trinajstić information content (AvgIpc) is 3.34. The maximum atomic E-state index is 12.8. The highest BCUT2D eigenvalue weighted by atomic mass is 79.9. The van der Waals surface area contributed by atoms with E-state index in [1.54, 1.807) is 29.2 Å². The first kappa shape index (κ1) is 20.4. The summed E-state index contributed by atoms with van der Waals surface area (Å²) in [7, 11) is -3.45. The van der Waals surface area contributed by atoms with Gasteiger partial charge in [-0.25, -0.2) is 8.42 Å². The molecule has 0 aromatic heterocycles. The van der Waals surface area contributed by atoms with Gasteiger partial charge in [-0.3, -0.25) is 4.79 Å². The molecule has 1 fully saturated rings. The van der Waals surface area contributed by atoms with Crippen LogP contribution in [0.15, 0.2) is 51.8 Å². The summed E-state index contributed by atoms with van der Waals surface area (Å²) in [6.45, 7) is 3.06. The number of carbonyl (C=O) groups excluding carboxylic acids is 1. The number of nitrogens with zero attached hydrogens (tertiary/aromatic N) is 2. The van der Waals surface area contributed by atoms with Gasteiger partial charge >= 0.3 is 0 Å². The first-order chi connectivity index (χ1) is 13.9. The van der Waals surface area contributed by atoms with E-state index >= 15 is 0 Å². The van der Waals surface area contributed by atoms with Crippen LogP contribution in [0, 0.1) is 0 Å². The topological polar surface area (TPSA) is 66.9 Å². The smallest absolute Gasteiger partial charge is 0.265 e. The van der Waals surface area contributed by atoms with Gasteiger partial charge in [0, 0.05) is 29.3 Å². The van der Waals surface area contributed by atoms with E-state index in [2.05, 4.69) is 15.9 Å². The van der Waals surface area contributed by atoms with Crippen LogP contribution >= 0.6 is 15.9 Å². The number of hydrogen-bond donors (Lipinski definition) is 0. The molecule has 1 amide bonds. The van der Waals surface area contributed by atoms with Gasteiger partial charge in [-0.15, -0.1) is 0 Å². The summed E-state index contributed by atoms with van der Waals surface area (Å²) in [4.78, 5) is 14.8. The molecule has 0 spiro atoms. The zero-order valence-corrected chi connectivity index (χ0v) is 18.6. The second-order valence-electron chi connectivity index (χ2n) is 7.46. The molecule has 2 heterocycles. The number of hydrogen-bond acceptors (Lipinski definition) is 4. The summed E-state index contributed by atoms with van der Waals surface area (Å²) in [6.07, 6.45) is 2.61. The van der Waals surface area contributed by atoms with Gasteiger partial charge in [0.05, 0.1) is 4.90 Å². The first-order valence-corrected chi connectivity index (χ1v) is 11.9. The van der Waals surface area contributed by atoms with E-state index in [4.69, 9.17) is 4.74 Å². The van der Waals surface area contributed by atoms with Gasteiger partial charge in [-0.2, -0.15) is 4.31 Å². The fourth-order valence-electron chi connectivity index (χ4n) is 3.98. The minimum absolute atomic E-state index is 0.0726. The van der Waals surface area contributed by atoms with Crippen LogP contribution in [0.2, 0.25) is 0 Å². The molecule has 1 atom stereocenters.